The van der Waals surface area contributed by atoms with E-state index < -0.39 is 32.3 Å². The summed E-state index contributed by atoms with van der Waals surface area (Å²) in [6.45, 7) is 0. The number of carboxylic acid groups (broad SMARTS) is 1. The first kappa shape index (κ1) is 17.2. The third kappa shape index (κ3) is 4.64. The van der Waals surface area contributed by atoms with Crippen LogP contribution in [0.15, 0.2) is 53.4 Å². The van der Waals surface area contributed by atoms with Crippen molar-refractivity contribution >= 4 is 33.5 Å². The highest BCUT2D eigenvalue weighted by Gasteiger charge is 2.25. The molecule has 120 valence electrons. The molecule has 0 bridgehead atoms. The number of hydrogen-bond donors (Lipinski definition) is 1. The molecular formula is C16H12ClFO4S. The monoisotopic (exact) mass is 354 g/mol. The maximum absolute atomic E-state index is 12.9. The number of carbonyl (C=O) groups is 1. The van der Waals surface area contributed by atoms with Gasteiger partial charge in [0, 0.05) is 5.02 Å². The molecule has 7 heteroatoms. The molecule has 0 saturated heterocycles. The Hall–Kier alpha value is -2.18. The van der Waals surface area contributed by atoms with Crippen molar-refractivity contribution < 1.29 is 22.7 Å². The number of carboxylic acids is 1. The highest BCUT2D eigenvalue weighted by Crippen LogP contribution is 2.20. The van der Waals surface area contributed by atoms with E-state index in [2.05, 4.69) is 0 Å². The predicted molar refractivity (Wildman–Crippen MR) is 86.1 cm³/mol. The second kappa shape index (κ2) is 6.93. The first-order chi connectivity index (χ1) is 10.8. The standard InChI is InChI=1S/C16H12ClFO4S/c17-13-5-1-12(2-6-13)10-23(21,22)15(16(19)20)9-11-3-7-14(18)8-4-11/h1-9H,10H2,(H,19,20). The van der Waals surface area contributed by atoms with E-state index in [1.807, 2.05) is 0 Å². The fraction of sp³-hybridized carbons (Fsp3) is 0.0625. The van der Waals surface area contributed by atoms with Gasteiger partial charge in [-0.15, -0.1) is 0 Å². The topological polar surface area (TPSA) is 71.4 Å². The number of halogens is 2. The quantitative estimate of drug-likeness (QED) is 0.834. The second-order valence-electron chi connectivity index (χ2n) is 4.75. The fourth-order valence-corrected chi connectivity index (χ4v) is 3.37. The highest BCUT2D eigenvalue weighted by atomic mass is 35.5. The maximum Gasteiger partial charge on any atom is 0.347 e. The zero-order valence-corrected chi connectivity index (χ0v) is 13.3. The van der Waals surface area contributed by atoms with Crippen molar-refractivity contribution in [2.75, 3.05) is 0 Å². The molecule has 0 aliphatic carbocycles. The number of aliphatic carboxylic acids is 1. The van der Waals surface area contributed by atoms with Gasteiger partial charge in [0.15, 0.2) is 14.7 Å². The molecule has 0 unspecified atom stereocenters. The molecule has 0 heterocycles. The van der Waals surface area contributed by atoms with E-state index in [0.717, 1.165) is 18.2 Å². The Morgan fingerprint density at radius 3 is 2.17 bits per heavy atom. The van der Waals surface area contributed by atoms with Crippen LogP contribution >= 0.6 is 11.6 Å². The molecule has 0 amide bonds. The SMILES string of the molecule is O=C(O)C(=Cc1ccc(F)cc1)S(=O)(=O)Cc1ccc(Cl)cc1. The lowest BCUT2D eigenvalue weighted by Crippen LogP contribution is -2.15. The van der Waals surface area contributed by atoms with Gasteiger partial charge in [0.1, 0.15) is 5.82 Å². The van der Waals surface area contributed by atoms with Gasteiger partial charge in [-0.1, -0.05) is 35.9 Å². The molecule has 0 aliphatic heterocycles. The summed E-state index contributed by atoms with van der Waals surface area (Å²) in [4.78, 5) is 10.6. The van der Waals surface area contributed by atoms with Crippen LogP contribution < -0.4 is 0 Å². The van der Waals surface area contributed by atoms with Crippen molar-refractivity contribution in [2.24, 2.45) is 0 Å². The summed E-state index contributed by atoms with van der Waals surface area (Å²) < 4.78 is 37.6. The lowest BCUT2D eigenvalue weighted by Gasteiger charge is -2.06. The molecule has 0 spiro atoms. The molecule has 2 aromatic carbocycles. The van der Waals surface area contributed by atoms with Gasteiger partial charge < -0.3 is 5.11 Å². The van der Waals surface area contributed by atoms with E-state index in [-0.39, 0.29) is 5.56 Å². The van der Waals surface area contributed by atoms with Crippen LogP contribution in [0.25, 0.3) is 6.08 Å². The van der Waals surface area contributed by atoms with Crippen LogP contribution in [0.2, 0.25) is 5.02 Å². The summed E-state index contributed by atoms with van der Waals surface area (Å²) in [5, 5.41) is 9.65. The minimum atomic E-state index is -4.07. The summed E-state index contributed by atoms with van der Waals surface area (Å²) in [5.41, 5.74) is 0.698. The first-order valence-corrected chi connectivity index (χ1v) is 8.49. The Morgan fingerprint density at radius 2 is 1.65 bits per heavy atom. The lowest BCUT2D eigenvalue weighted by atomic mass is 10.2. The first-order valence-electron chi connectivity index (χ1n) is 6.46. The van der Waals surface area contributed by atoms with Crippen molar-refractivity contribution in [3.63, 3.8) is 0 Å². The summed E-state index contributed by atoms with van der Waals surface area (Å²) in [7, 11) is -4.07. The summed E-state index contributed by atoms with van der Waals surface area (Å²) in [5.74, 6) is -2.53. The minimum absolute atomic E-state index is 0.281. The Kier molecular flexibility index (Phi) is 5.18. The molecule has 4 nitrogen and oxygen atoms in total. The van der Waals surface area contributed by atoms with Gasteiger partial charge in [-0.3, -0.25) is 0 Å². The zero-order chi connectivity index (χ0) is 17.0. The van der Waals surface area contributed by atoms with Crippen molar-refractivity contribution in [1.29, 1.82) is 0 Å². The van der Waals surface area contributed by atoms with Gasteiger partial charge in [-0.05, 0) is 41.5 Å². The zero-order valence-electron chi connectivity index (χ0n) is 11.7. The van der Waals surface area contributed by atoms with Gasteiger partial charge in [0.2, 0.25) is 0 Å². The molecule has 23 heavy (non-hydrogen) atoms. The minimum Gasteiger partial charge on any atom is -0.477 e. The van der Waals surface area contributed by atoms with Crippen LogP contribution in [0, 0.1) is 5.82 Å². The van der Waals surface area contributed by atoms with E-state index in [1.54, 1.807) is 0 Å². The Balaban J connectivity index is 2.37. The summed E-state index contributed by atoms with van der Waals surface area (Å²) in [6, 6.07) is 10.9. The molecule has 0 radical (unpaired) electrons. The summed E-state index contributed by atoms with van der Waals surface area (Å²) in [6.07, 6.45) is 1.01. The van der Waals surface area contributed by atoms with Crippen LogP contribution in [0.3, 0.4) is 0 Å². The maximum atomic E-state index is 12.9. The van der Waals surface area contributed by atoms with E-state index in [0.29, 0.717) is 10.6 Å². The third-order valence-corrected chi connectivity index (χ3v) is 4.91. The number of hydrogen-bond acceptors (Lipinski definition) is 3. The van der Waals surface area contributed by atoms with E-state index in [9.17, 15) is 22.7 Å². The molecular weight excluding hydrogens is 343 g/mol. The molecule has 1 N–H and O–H groups in total. The second-order valence-corrected chi connectivity index (χ2v) is 7.15. The molecule has 0 saturated carbocycles. The van der Waals surface area contributed by atoms with Crippen molar-refractivity contribution in [3.8, 4) is 0 Å². The van der Waals surface area contributed by atoms with E-state index in [1.165, 1.54) is 36.4 Å². The normalized spacial score (nSPS) is 12.2. The Labute approximate surface area is 137 Å². The molecule has 2 rings (SSSR count). The van der Waals surface area contributed by atoms with Crippen LogP contribution in [-0.4, -0.2) is 19.5 Å². The van der Waals surface area contributed by atoms with Crippen LogP contribution in [-0.2, 0) is 20.4 Å². The summed E-state index contributed by atoms with van der Waals surface area (Å²) >= 11 is 5.73. The van der Waals surface area contributed by atoms with E-state index in [4.69, 9.17) is 11.6 Å². The van der Waals surface area contributed by atoms with Crippen LogP contribution in [0.4, 0.5) is 4.39 Å². The van der Waals surface area contributed by atoms with Crippen molar-refractivity contribution in [1.82, 2.24) is 0 Å². The average molecular weight is 355 g/mol. The smallest absolute Gasteiger partial charge is 0.347 e. The fourth-order valence-electron chi connectivity index (χ4n) is 1.87. The van der Waals surface area contributed by atoms with Crippen LogP contribution in [0.1, 0.15) is 11.1 Å². The van der Waals surface area contributed by atoms with Gasteiger partial charge in [-0.2, -0.15) is 0 Å². The third-order valence-electron chi connectivity index (χ3n) is 2.98. The van der Waals surface area contributed by atoms with Gasteiger partial charge in [0.05, 0.1) is 5.75 Å². The number of benzene rings is 2. The molecule has 0 aromatic heterocycles. The highest BCUT2D eigenvalue weighted by molar-refractivity contribution is 7.95. The average Bonchev–Trinajstić information content (AvgIpc) is 2.48. The Morgan fingerprint density at radius 1 is 1.09 bits per heavy atom. The van der Waals surface area contributed by atoms with Crippen molar-refractivity contribution in [3.05, 3.63) is 75.4 Å². The van der Waals surface area contributed by atoms with Crippen molar-refractivity contribution in [2.45, 2.75) is 5.75 Å². The molecule has 0 fully saturated rings. The Bertz CT molecular complexity index is 841. The van der Waals surface area contributed by atoms with E-state index >= 15 is 0 Å². The van der Waals surface area contributed by atoms with Gasteiger partial charge >= 0.3 is 5.97 Å². The molecule has 2 aromatic rings. The number of rotatable bonds is 5. The number of sulfone groups is 1. The van der Waals surface area contributed by atoms with Gasteiger partial charge in [-0.25, -0.2) is 17.6 Å². The molecule has 0 aliphatic rings. The van der Waals surface area contributed by atoms with Gasteiger partial charge in [0.25, 0.3) is 0 Å². The molecule has 0 atom stereocenters. The predicted octanol–water partition coefficient (Wildman–Crippen LogP) is 3.52. The van der Waals surface area contributed by atoms with Crippen LogP contribution in [0.5, 0.6) is 0 Å². The lowest BCUT2D eigenvalue weighted by molar-refractivity contribution is -0.131. The largest absolute Gasteiger partial charge is 0.477 e.